The highest BCUT2D eigenvalue weighted by Gasteiger charge is 2.71. The topological polar surface area (TPSA) is 39.6 Å². The van der Waals surface area contributed by atoms with Gasteiger partial charge in [0.15, 0.2) is 0 Å². The monoisotopic (exact) mass is 551 g/mol. The fourth-order valence-electron chi connectivity index (χ4n) is 4.92. The van der Waals surface area contributed by atoms with Gasteiger partial charge in [0.2, 0.25) is 0 Å². The number of benzene rings is 2. The third-order valence-electron chi connectivity index (χ3n) is 7.20. The molecule has 0 aliphatic carbocycles. The molecule has 1 fully saturated rings. The van der Waals surface area contributed by atoms with Gasteiger partial charge in [0.25, 0.3) is 5.60 Å². The maximum absolute atomic E-state index is 13.4. The summed E-state index contributed by atoms with van der Waals surface area (Å²) in [5, 5.41) is 9.85. The number of rotatable bonds is 7. The minimum absolute atomic E-state index is 0.289. The van der Waals surface area contributed by atoms with Crippen molar-refractivity contribution in [1.29, 1.82) is 0 Å². The molecule has 1 N–H and O–H groups in total. The van der Waals surface area contributed by atoms with E-state index in [0.717, 1.165) is 50.9 Å². The number of hydrogen-bond acceptors (Lipinski definition) is 4. The Kier molecular flexibility index (Phi) is 8.39. The predicted octanol–water partition coefficient (Wildman–Crippen LogP) is 6.50. The van der Waals surface area contributed by atoms with Crippen LogP contribution in [0.3, 0.4) is 0 Å². The predicted molar refractivity (Wildman–Crippen MR) is 137 cm³/mol. The minimum Gasteiger partial charge on any atom is -0.369 e. The van der Waals surface area contributed by atoms with Gasteiger partial charge in [-0.15, -0.1) is 0 Å². The third-order valence-corrected chi connectivity index (χ3v) is 7.20. The molecular weight excluding hydrogens is 520 g/mol. The first-order valence-electron chi connectivity index (χ1n) is 12.7. The molecule has 2 aromatic carbocycles. The van der Waals surface area contributed by atoms with Gasteiger partial charge in [-0.05, 0) is 45.9 Å². The van der Waals surface area contributed by atoms with Gasteiger partial charge in [-0.1, -0.05) is 56.3 Å². The van der Waals surface area contributed by atoms with E-state index >= 15 is 0 Å². The Bertz CT molecular complexity index is 1220. The highest BCUT2D eigenvalue weighted by Crippen LogP contribution is 2.51. The number of aromatic nitrogens is 1. The first-order chi connectivity index (χ1) is 18.3. The number of nitrogens with zero attached hydrogens (tertiary/aromatic N) is 3. The van der Waals surface area contributed by atoms with Crippen LogP contribution in [-0.2, 0) is 18.7 Å². The molecule has 0 bridgehead atoms. The van der Waals surface area contributed by atoms with Gasteiger partial charge in [0.1, 0.15) is 0 Å². The van der Waals surface area contributed by atoms with Crippen LogP contribution in [0.4, 0.5) is 26.3 Å². The van der Waals surface area contributed by atoms with Crippen molar-refractivity contribution in [3.63, 3.8) is 0 Å². The first-order valence-corrected chi connectivity index (χ1v) is 12.7. The normalized spacial score (nSPS) is 16.2. The van der Waals surface area contributed by atoms with Crippen molar-refractivity contribution in [2.24, 2.45) is 0 Å². The third kappa shape index (κ3) is 6.28. The minimum atomic E-state index is -5.92. The molecule has 3 aromatic rings. The summed E-state index contributed by atoms with van der Waals surface area (Å²) in [7, 11) is 0. The largest absolute Gasteiger partial charge is 0.430 e. The van der Waals surface area contributed by atoms with E-state index in [1.807, 2.05) is 36.4 Å². The van der Waals surface area contributed by atoms with Gasteiger partial charge in [-0.3, -0.25) is 14.8 Å². The second-order valence-corrected chi connectivity index (χ2v) is 10.3. The molecule has 0 saturated carbocycles. The van der Waals surface area contributed by atoms with E-state index in [1.165, 1.54) is 11.6 Å². The Morgan fingerprint density at radius 2 is 1.23 bits per heavy atom. The summed E-state index contributed by atoms with van der Waals surface area (Å²) < 4.78 is 80.5. The lowest BCUT2D eigenvalue weighted by Gasteiger charge is -2.34. The van der Waals surface area contributed by atoms with E-state index in [2.05, 4.69) is 14.8 Å². The van der Waals surface area contributed by atoms with Crippen molar-refractivity contribution in [2.45, 2.75) is 50.8 Å². The molecule has 1 aromatic heterocycles. The number of piperazine rings is 1. The number of hydrogen-bond donors (Lipinski definition) is 1. The molecule has 0 amide bonds. The second kappa shape index (κ2) is 11.3. The van der Waals surface area contributed by atoms with Gasteiger partial charge in [-0.2, -0.15) is 26.3 Å². The van der Waals surface area contributed by atoms with E-state index in [4.69, 9.17) is 0 Å². The summed E-state index contributed by atoms with van der Waals surface area (Å²) >= 11 is 0. The zero-order chi connectivity index (χ0) is 28.4. The molecule has 0 spiro atoms. The molecule has 0 atom stereocenters. The summed E-state index contributed by atoms with van der Waals surface area (Å²) in [5.41, 5.74) is -2.41. The molecule has 2 heterocycles. The zero-order valence-corrected chi connectivity index (χ0v) is 21.7. The van der Waals surface area contributed by atoms with E-state index in [-0.39, 0.29) is 11.5 Å². The standard InChI is InChI=1S/C29H31F6N3O/c1-20(2)26-17-24(27(39,28(30,31)32)29(33,34)35)7-8-25(26)23-5-3-21(4-6-23)18-37-13-15-38(16-14-37)19-22-9-11-36-12-10-22/h3-12,17,20,39H,13-16,18-19H2,1-2H3. The lowest BCUT2D eigenvalue weighted by molar-refractivity contribution is -0.376. The van der Waals surface area contributed by atoms with Crippen molar-refractivity contribution in [3.8, 4) is 11.1 Å². The lowest BCUT2D eigenvalue weighted by atomic mass is 9.85. The summed E-state index contributed by atoms with van der Waals surface area (Å²) in [6.07, 6.45) is -8.27. The highest BCUT2D eigenvalue weighted by atomic mass is 19.4. The molecule has 39 heavy (non-hydrogen) atoms. The molecule has 1 aliphatic rings. The molecule has 210 valence electrons. The Morgan fingerprint density at radius 1 is 0.744 bits per heavy atom. The summed E-state index contributed by atoms with van der Waals surface area (Å²) in [6.45, 7) is 8.69. The Hall–Kier alpha value is -2.95. The van der Waals surface area contributed by atoms with E-state index in [1.54, 1.807) is 26.2 Å². The van der Waals surface area contributed by atoms with Crippen LogP contribution in [0.15, 0.2) is 67.0 Å². The van der Waals surface area contributed by atoms with E-state index in [0.29, 0.717) is 17.2 Å². The van der Waals surface area contributed by atoms with Crippen LogP contribution in [-0.4, -0.2) is 58.4 Å². The number of aliphatic hydroxyl groups is 1. The maximum Gasteiger partial charge on any atom is 0.430 e. The summed E-state index contributed by atoms with van der Waals surface area (Å²) in [6, 6.07) is 14.3. The number of halogens is 6. The van der Waals surface area contributed by atoms with Crippen molar-refractivity contribution in [2.75, 3.05) is 26.2 Å². The van der Waals surface area contributed by atoms with Gasteiger partial charge in [0.05, 0.1) is 0 Å². The molecule has 0 unspecified atom stereocenters. The Balaban J connectivity index is 1.47. The first kappa shape index (κ1) is 29.0. The van der Waals surface area contributed by atoms with Crippen molar-refractivity contribution >= 4 is 0 Å². The molecule has 0 radical (unpaired) electrons. The van der Waals surface area contributed by atoms with Gasteiger partial charge in [-0.25, -0.2) is 0 Å². The number of pyridine rings is 1. The van der Waals surface area contributed by atoms with Crippen LogP contribution in [0.1, 0.15) is 42.0 Å². The molecular formula is C29H31F6N3O. The van der Waals surface area contributed by atoms with Crippen LogP contribution in [0.5, 0.6) is 0 Å². The van der Waals surface area contributed by atoms with E-state index < -0.39 is 23.5 Å². The van der Waals surface area contributed by atoms with Crippen molar-refractivity contribution in [3.05, 3.63) is 89.2 Å². The quantitative estimate of drug-likeness (QED) is 0.340. The smallest absolute Gasteiger partial charge is 0.369 e. The molecule has 4 rings (SSSR count). The lowest BCUT2D eigenvalue weighted by Crippen LogP contribution is -2.54. The maximum atomic E-state index is 13.4. The molecule has 4 nitrogen and oxygen atoms in total. The van der Waals surface area contributed by atoms with E-state index in [9.17, 15) is 31.4 Å². The molecule has 1 saturated heterocycles. The molecule has 1 aliphatic heterocycles. The van der Waals surface area contributed by atoms with Crippen LogP contribution < -0.4 is 0 Å². The van der Waals surface area contributed by atoms with Gasteiger partial charge < -0.3 is 5.11 Å². The average Bonchev–Trinajstić information content (AvgIpc) is 2.89. The van der Waals surface area contributed by atoms with Crippen LogP contribution in [0.25, 0.3) is 11.1 Å². The highest BCUT2D eigenvalue weighted by molar-refractivity contribution is 5.69. The average molecular weight is 552 g/mol. The van der Waals surface area contributed by atoms with Crippen LogP contribution >= 0.6 is 0 Å². The van der Waals surface area contributed by atoms with Gasteiger partial charge >= 0.3 is 12.4 Å². The van der Waals surface area contributed by atoms with Crippen LogP contribution in [0.2, 0.25) is 0 Å². The molecule has 10 heteroatoms. The Labute approximate surface area is 223 Å². The van der Waals surface area contributed by atoms with Crippen molar-refractivity contribution in [1.82, 2.24) is 14.8 Å². The fourth-order valence-corrected chi connectivity index (χ4v) is 4.92. The fraction of sp³-hybridized carbons (Fsp3) is 0.414. The second-order valence-electron chi connectivity index (χ2n) is 10.3. The van der Waals surface area contributed by atoms with Crippen LogP contribution in [0, 0.1) is 0 Å². The summed E-state index contributed by atoms with van der Waals surface area (Å²) in [5.74, 6) is -0.381. The van der Waals surface area contributed by atoms with Crippen molar-refractivity contribution < 1.29 is 31.4 Å². The Morgan fingerprint density at radius 3 is 1.69 bits per heavy atom. The number of alkyl halides is 6. The summed E-state index contributed by atoms with van der Waals surface area (Å²) in [4.78, 5) is 8.79. The van der Waals surface area contributed by atoms with Gasteiger partial charge in [0, 0.05) is 57.2 Å². The SMILES string of the molecule is CC(C)c1cc(C(O)(C(F)(F)F)C(F)(F)F)ccc1-c1ccc(CN2CCN(Cc3ccncc3)CC2)cc1. The zero-order valence-electron chi connectivity index (χ0n) is 21.7.